The van der Waals surface area contributed by atoms with E-state index in [-0.39, 0.29) is 17.8 Å². The van der Waals surface area contributed by atoms with Crippen molar-refractivity contribution >= 4 is 0 Å². The molecular formula is C14H24F3N. The Hall–Kier alpha value is -0.250. The van der Waals surface area contributed by atoms with Gasteiger partial charge in [-0.1, -0.05) is 20.8 Å². The Morgan fingerprint density at radius 3 is 2.06 bits per heavy atom. The maximum atomic E-state index is 13.1. The van der Waals surface area contributed by atoms with Gasteiger partial charge in [-0.25, -0.2) is 0 Å². The molecule has 1 aliphatic carbocycles. The fraction of sp³-hybridized carbons (Fsp3) is 1.00. The Morgan fingerprint density at radius 1 is 1.00 bits per heavy atom. The number of piperidine rings is 1. The van der Waals surface area contributed by atoms with Gasteiger partial charge in [0, 0.05) is 13.1 Å². The number of nitrogens with zero attached hydrogens (tertiary/aromatic N) is 1. The van der Waals surface area contributed by atoms with Crippen LogP contribution in [0.1, 0.15) is 40.0 Å². The Bertz CT molecular complexity index is 288. The molecule has 106 valence electrons. The number of hydrogen-bond donors (Lipinski definition) is 0. The molecule has 1 nitrogen and oxygen atoms in total. The second-order valence-corrected chi connectivity index (χ2v) is 7.11. The zero-order valence-corrected chi connectivity index (χ0v) is 11.6. The first-order chi connectivity index (χ1) is 8.18. The minimum Gasteiger partial charge on any atom is -0.303 e. The van der Waals surface area contributed by atoms with Crippen LogP contribution in [0.2, 0.25) is 0 Å². The molecule has 18 heavy (non-hydrogen) atoms. The van der Waals surface area contributed by atoms with Crippen LogP contribution in [0.3, 0.4) is 0 Å². The van der Waals surface area contributed by atoms with Crippen molar-refractivity contribution in [1.82, 2.24) is 4.90 Å². The molecule has 0 amide bonds. The molecule has 1 aliphatic heterocycles. The van der Waals surface area contributed by atoms with E-state index in [0.717, 1.165) is 12.5 Å². The molecule has 0 aromatic carbocycles. The van der Waals surface area contributed by atoms with Crippen molar-refractivity contribution in [3.8, 4) is 0 Å². The molecule has 0 bridgehead atoms. The third kappa shape index (κ3) is 3.40. The SMILES string of the molecule is CC(C)(C)[C@H]1CN(CC2CC2)CC[C@H]1C(F)(F)F. The van der Waals surface area contributed by atoms with Gasteiger partial charge in [-0.3, -0.25) is 0 Å². The third-order valence-corrected chi connectivity index (χ3v) is 4.44. The second-order valence-electron chi connectivity index (χ2n) is 7.11. The number of rotatable bonds is 2. The van der Waals surface area contributed by atoms with Crippen LogP contribution in [0, 0.1) is 23.2 Å². The maximum Gasteiger partial charge on any atom is 0.392 e. The number of halogens is 3. The third-order valence-electron chi connectivity index (χ3n) is 4.44. The summed E-state index contributed by atoms with van der Waals surface area (Å²) < 4.78 is 39.3. The summed E-state index contributed by atoms with van der Waals surface area (Å²) in [5.74, 6) is -0.633. The van der Waals surface area contributed by atoms with Gasteiger partial charge >= 0.3 is 6.18 Å². The van der Waals surface area contributed by atoms with Crippen molar-refractivity contribution in [1.29, 1.82) is 0 Å². The molecule has 2 fully saturated rings. The summed E-state index contributed by atoms with van der Waals surface area (Å²) in [7, 11) is 0. The molecular weight excluding hydrogens is 239 g/mol. The summed E-state index contributed by atoms with van der Waals surface area (Å²) in [6.45, 7) is 8.07. The van der Waals surface area contributed by atoms with Crippen LogP contribution in [0.15, 0.2) is 0 Å². The fourth-order valence-electron chi connectivity index (χ4n) is 3.12. The summed E-state index contributed by atoms with van der Waals surface area (Å²) >= 11 is 0. The highest BCUT2D eigenvalue weighted by Crippen LogP contribution is 2.46. The van der Waals surface area contributed by atoms with Crippen molar-refractivity contribution in [2.24, 2.45) is 23.2 Å². The van der Waals surface area contributed by atoms with Crippen molar-refractivity contribution in [3.63, 3.8) is 0 Å². The topological polar surface area (TPSA) is 3.24 Å². The highest BCUT2D eigenvalue weighted by atomic mass is 19.4. The smallest absolute Gasteiger partial charge is 0.303 e. The molecule has 1 saturated carbocycles. The van der Waals surface area contributed by atoms with Crippen molar-refractivity contribution in [3.05, 3.63) is 0 Å². The minimum absolute atomic E-state index is 0.273. The maximum absolute atomic E-state index is 13.1. The van der Waals surface area contributed by atoms with Crippen LogP contribution in [-0.4, -0.2) is 30.7 Å². The summed E-state index contributed by atoms with van der Waals surface area (Å²) in [4.78, 5) is 2.26. The van der Waals surface area contributed by atoms with Gasteiger partial charge in [0.2, 0.25) is 0 Å². The number of hydrogen-bond acceptors (Lipinski definition) is 1. The average Bonchev–Trinajstić information content (AvgIpc) is 2.98. The molecule has 1 heterocycles. The normalized spacial score (nSPS) is 31.7. The Labute approximate surface area is 108 Å². The van der Waals surface area contributed by atoms with Gasteiger partial charge in [0.1, 0.15) is 0 Å². The summed E-state index contributed by atoms with van der Waals surface area (Å²) in [5, 5.41) is 0. The molecule has 1 saturated heterocycles. The first-order valence-electron chi connectivity index (χ1n) is 6.97. The van der Waals surface area contributed by atoms with E-state index >= 15 is 0 Å². The Morgan fingerprint density at radius 2 is 1.61 bits per heavy atom. The van der Waals surface area contributed by atoms with Gasteiger partial charge in [0.15, 0.2) is 0 Å². The van der Waals surface area contributed by atoms with Gasteiger partial charge in [0.05, 0.1) is 5.92 Å². The lowest BCUT2D eigenvalue weighted by atomic mass is 9.69. The van der Waals surface area contributed by atoms with Crippen LogP contribution in [-0.2, 0) is 0 Å². The average molecular weight is 263 g/mol. The molecule has 0 unspecified atom stereocenters. The van der Waals surface area contributed by atoms with Crippen LogP contribution in [0.25, 0.3) is 0 Å². The van der Waals surface area contributed by atoms with Crippen LogP contribution < -0.4 is 0 Å². The van der Waals surface area contributed by atoms with E-state index in [4.69, 9.17) is 0 Å². The largest absolute Gasteiger partial charge is 0.392 e. The number of likely N-dealkylation sites (tertiary alicyclic amines) is 1. The quantitative estimate of drug-likeness (QED) is 0.729. The summed E-state index contributed by atoms with van der Waals surface area (Å²) in [5.41, 5.74) is -0.275. The van der Waals surface area contributed by atoms with Gasteiger partial charge in [-0.05, 0) is 43.1 Å². The highest BCUT2D eigenvalue weighted by molar-refractivity contribution is 4.92. The van der Waals surface area contributed by atoms with Crippen LogP contribution in [0.5, 0.6) is 0 Å². The van der Waals surface area contributed by atoms with Gasteiger partial charge in [-0.2, -0.15) is 13.2 Å². The van der Waals surface area contributed by atoms with E-state index in [1.54, 1.807) is 0 Å². The second kappa shape index (κ2) is 4.69. The van der Waals surface area contributed by atoms with E-state index in [2.05, 4.69) is 4.90 Å². The Balaban J connectivity index is 2.05. The number of alkyl halides is 3. The molecule has 0 aromatic heterocycles. The molecule has 0 radical (unpaired) electrons. The predicted molar refractivity (Wildman–Crippen MR) is 66.3 cm³/mol. The molecule has 4 heteroatoms. The standard InChI is InChI=1S/C14H24F3N/c1-13(2,3)12-9-18(8-10-4-5-10)7-6-11(12)14(15,16)17/h10-12H,4-9H2,1-3H3/t11-,12+/m1/s1. The van der Waals surface area contributed by atoms with E-state index in [9.17, 15) is 13.2 Å². The first-order valence-corrected chi connectivity index (χ1v) is 6.97. The van der Waals surface area contributed by atoms with Gasteiger partial charge < -0.3 is 4.90 Å². The summed E-state index contributed by atoms with van der Waals surface area (Å²) in [6, 6.07) is 0. The van der Waals surface area contributed by atoms with Crippen molar-refractivity contribution in [2.75, 3.05) is 19.6 Å². The van der Waals surface area contributed by atoms with Gasteiger partial charge in [0.25, 0.3) is 0 Å². The molecule has 0 spiro atoms. The predicted octanol–water partition coefficient (Wildman–Crippen LogP) is 3.94. The zero-order valence-electron chi connectivity index (χ0n) is 11.6. The highest BCUT2D eigenvalue weighted by Gasteiger charge is 2.50. The van der Waals surface area contributed by atoms with E-state index in [1.165, 1.54) is 12.8 Å². The Kier molecular flexibility index (Phi) is 3.69. The molecule has 2 atom stereocenters. The van der Waals surface area contributed by atoms with Gasteiger partial charge in [-0.15, -0.1) is 0 Å². The van der Waals surface area contributed by atoms with E-state index in [1.807, 2.05) is 20.8 Å². The van der Waals surface area contributed by atoms with Crippen molar-refractivity contribution in [2.45, 2.75) is 46.2 Å². The zero-order chi connectivity index (χ0) is 13.6. The first kappa shape index (κ1) is 14.2. The lowest BCUT2D eigenvalue weighted by molar-refractivity contribution is -0.211. The monoisotopic (exact) mass is 263 g/mol. The lowest BCUT2D eigenvalue weighted by Crippen LogP contribution is -2.50. The van der Waals surface area contributed by atoms with Crippen LogP contribution >= 0.6 is 0 Å². The van der Waals surface area contributed by atoms with E-state index < -0.39 is 12.1 Å². The minimum atomic E-state index is -4.04. The van der Waals surface area contributed by atoms with Crippen molar-refractivity contribution < 1.29 is 13.2 Å². The fourth-order valence-corrected chi connectivity index (χ4v) is 3.12. The lowest BCUT2D eigenvalue weighted by Gasteiger charge is -2.45. The molecule has 0 N–H and O–H groups in total. The molecule has 0 aromatic rings. The van der Waals surface area contributed by atoms with Crippen LogP contribution in [0.4, 0.5) is 13.2 Å². The summed E-state index contributed by atoms with van der Waals surface area (Å²) in [6.07, 6.45) is -1.24. The molecule has 2 aliphatic rings. The molecule has 2 rings (SSSR count). The van der Waals surface area contributed by atoms with E-state index in [0.29, 0.717) is 13.1 Å².